The number of fused-ring (bicyclic) bond motifs is 1. The standard InChI is InChI=1S/C11H19N3O3S/c1-3-4-13-5-6-8(15)9(16)7-10(17-6)18-11(12-2)14-7/h3,6-10,13,15-16H,1,4-5H2,2H3,(H,12,14)/t6-,7-,8-,9-,10-/m1/s1. The van der Waals surface area contributed by atoms with Gasteiger partial charge in [0.25, 0.3) is 0 Å². The smallest absolute Gasteiger partial charge is 0.159 e. The second kappa shape index (κ2) is 6.03. The normalized spacial score (nSPS) is 41.5. The molecule has 2 heterocycles. The summed E-state index contributed by atoms with van der Waals surface area (Å²) in [7, 11) is 1.68. The average Bonchev–Trinajstić information content (AvgIpc) is 2.79. The lowest BCUT2D eigenvalue weighted by atomic mass is 9.98. The molecule has 2 fully saturated rings. The van der Waals surface area contributed by atoms with Crippen molar-refractivity contribution in [3.8, 4) is 0 Å². The maximum atomic E-state index is 10.1. The molecule has 0 aromatic heterocycles. The highest BCUT2D eigenvalue weighted by Crippen LogP contribution is 2.33. The van der Waals surface area contributed by atoms with Gasteiger partial charge in [0.1, 0.15) is 23.7 Å². The van der Waals surface area contributed by atoms with E-state index in [9.17, 15) is 10.2 Å². The Balaban J connectivity index is 1.98. The van der Waals surface area contributed by atoms with Gasteiger partial charge in [0, 0.05) is 20.1 Å². The molecule has 0 aromatic rings. The molecule has 0 saturated carbocycles. The second-order valence-corrected chi connectivity index (χ2v) is 5.37. The Bertz CT molecular complexity index is 339. The van der Waals surface area contributed by atoms with E-state index in [4.69, 9.17) is 4.74 Å². The van der Waals surface area contributed by atoms with Crippen molar-refractivity contribution in [1.29, 1.82) is 0 Å². The lowest BCUT2D eigenvalue weighted by Crippen LogP contribution is -2.60. The Labute approximate surface area is 111 Å². The van der Waals surface area contributed by atoms with E-state index in [1.54, 1.807) is 13.1 Å². The van der Waals surface area contributed by atoms with Crippen molar-refractivity contribution in [2.75, 3.05) is 20.1 Å². The van der Waals surface area contributed by atoms with Crippen LogP contribution in [0.3, 0.4) is 0 Å². The van der Waals surface area contributed by atoms with E-state index in [1.807, 2.05) is 0 Å². The first-order valence-corrected chi connectivity index (χ1v) is 6.78. The van der Waals surface area contributed by atoms with Crippen molar-refractivity contribution in [3.63, 3.8) is 0 Å². The van der Waals surface area contributed by atoms with Crippen molar-refractivity contribution in [1.82, 2.24) is 10.6 Å². The molecule has 4 N–H and O–H groups in total. The fourth-order valence-corrected chi connectivity index (χ4v) is 3.19. The van der Waals surface area contributed by atoms with Crippen LogP contribution in [-0.2, 0) is 4.74 Å². The number of aliphatic hydroxyl groups excluding tert-OH is 2. The summed E-state index contributed by atoms with van der Waals surface area (Å²) in [6.45, 7) is 4.73. The summed E-state index contributed by atoms with van der Waals surface area (Å²) in [4.78, 5) is 4.04. The van der Waals surface area contributed by atoms with Crippen molar-refractivity contribution in [2.24, 2.45) is 4.99 Å². The molecule has 2 saturated heterocycles. The minimum atomic E-state index is -0.909. The van der Waals surface area contributed by atoms with Crippen LogP contribution in [0.25, 0.3) is 0 Å². The van der Waals surface area contributed by atoms with Gasteiger partial charge < -0.3 is 25.6 Å². The highest BCUT2D eigenvalue weighted by Gasteiger charge is 2.48. The molecule has 0 aromatic carbocycles. The van der Waals surface area contributed by atoms with E-state index in [0.717, 1.165) is 5.17 Å². The van der Waals surface area contributed by atoms with Crippen molar-refractivity contribution in [2.45, 2.75) is 29.8 Å². The number of nitrogens with one attached hydrogen (secondary N) is 2. The summed E-state index contributed by atoms with van der Waals surface area (Å²) in [5, 5.41) is 27.0. The quantitative estimate of drug-likeness (QED) is 0.384. The van der Waals surface area contributed by atoms with E-state index in [2.05, 4.69) is 22.2 Å². The predicted molar refractivity (Wildman–Crippen MR) is 71.6 cm³/mol. The summed E-state index contributed by atoms with van der Waals surface area (Å²) < 4.78 is 5.78. The van der Waals surface area contributed by atoms with Crippen LogP contribution in [0.4, 0.5) is 0 Å². The fraction of sp³-hybridized carbons (Fsp3) is 0.727. The van der Waals surface area contributed by atoms with E-state index in [0.29, 0.717) is 13.1 Å². The molecule has 7 heteroatoms. The molecular weight excluding hydrogens is 254 g/mol. The molecule has 0 radical (unpaired) electrons. The van der Waals surface area contributed by atoms with Crippen molar-refractivity contribution >= 4 is 16.9 Å². The molecule has 0 spiro atoms. The van der Waals surface area contributed by atoms with Crippen LogP contribution < -0.4 is 10.6 Å². The average molecular weight is 273 g/mol. The number of hydrogen-bond donors (Lipinski definition) is 4. The molecule has 2 aliphatic rings. The van der Waals surface area contributed by atoms with Gasteiger partial charge in [-0.15, -0.1) is 6.58 Å². The van der Waals surface area contributed by atoms with E-state index < -0.39 is 18.3 Å². The van der Waals surface area contributed by atoms with Crippen LogP contribution in [0.2, 0.25) is 0 Å². The Hall–Kier alpha value is -0.600. The number of thioether (sulfide) groups is 1. The molecule has 0 bridgehead atoms. The molecular formula is C11H19N3O3S. The Morgan fingerprint density at radius 1 is 1.56 bits per heavy atom. The third kappa shape index (κ3) is 2.70. The summed E-state index contributed by atoms with van der Waals surface area (Å²) >= 11 is 1.44. The van der Waals surface area contributed by atoms with Gasteiger partial charge in [-0.1, -0.05) is 17.8 Å². The Morgan fingerprint density at radius 2 is 2.33 bits per heavy atom. The maximum absolute atomic E-state index is 10.1. The van der Waals surface area contributed by atoms with Crippen LogP contribution in [0.1, 0.15) is 0 Å². The third-order valence-corrected chi connectivity index (χ3v) is 4.22. The van der Waals surface area contributed by atoms with Crippen LogP contribution in [0.5, 0.6) is 0 Å². The van der Waals surface area contributed by atoms with Crippen LogP contribution in [0, 0.1) is 0 Å². The minimum absolute atomic E-state index is 0.211. The van der Waals surface area contributed by atoms with Gasteiger partial charge in [-0.05, 0) is 0 Å². The van der Waals surface area contributed by atoms with Gasteiger partial charge in [-0.25, -0.2) is 0 Å². The zero-order valence-electron chi connectivity index (χ0n) is 10.2. The Morgan fingerprint density at radius 3 is 3.00 bits per heavy atom. The first-order chi connectivity index (χ1) is 8.67. The number of rotatable bonds is 4. The number of amidine groups is 1. The molecule has 0 unspecified atom stereocenters. The van der Waals surface area contributed by atoms with Gasteiger partial charge in [0.2, 0.25) is 0 Å². The van der Waals surface area contributed by atoms with Gasteiger partial charge in [-0.2, -0.15) is 0 Å². The number of aliphatic imine (C=N–C) groups is 1. The molecule has 0 amide bonds. The maximum Gasteiger partial charge on any atom is 0.159 e. The predicted octanol–water partition coefficient (Wildman–Crippen LogP) is -1.10. The number of hydrogen-bond acceptors (Lipinski definition) is 6. The van der Waals surface area contributed by atoms with E-state index in [-0.39, 0.29) is 11.5 Å². The fourth-order valence-electron chi connectivity index (χ4n) is 2.09. The van der Waals surface area contributed by atoms with Gasteiger partial charge in [0.05, 0.1) is 6.04 Å². The zero-order chi connectivity index (χ0) is 13.1. The second-order valence-electron chi connectivity index (χ2n) is 4.29. The SMILES string of the molecule is C=CCNC[C@H]1O[C@@H]2SC(=NC)N[C@@H]2[C@@H](O)[C@@H]1O. The van der Waals surface area contributed by atoms with Gasteiger partial charge >= 0.3 is 0 Å². The molecule has 102 valence electrons. The lowest BCUT2D eigenvalue weighted by molar-refractivity contribution is -0.153. The molecule has 2 aliphatic heterocycles. The van der Waals surface area contributed by atoms with Gasteiger partial charge in [-0.3, -0.25) is 4.99 Å². The van der Waals surface area contributed by atoms with Crippen LogP contribution in [0.15, 0.2) is 17.6 Å². The molecule has 2 rings (SSSR count). The highest BCUT2D eigenvalue weighted by molar-refractivity contribution is 8.14. The van der Waals surface area contributed by atoms with Crippen LogP contribution in [-0.4, -0.2) is 65.3 Å². The Kier molecular flexibility index (Phi) is 4.63. The monoisotopic (exact) mass is 273 g/mol. The first-order valence-electron chi connectivity index (χ1n) is 5.90. The molecule has 0 aliphatic carbocycles. The lowest BCUT2D eigenvalue weighted by Gasteiger charge is -2.39. The summed E-state index contributed by atoms with van der Waals surface area (Å²) in [5.41, 5.74) is -0.211. The highest BCUT2D eigenvalue weighted by atomic mass is 32.2. The van der Waals surface area contributed by atoms with Crippen molar-refractivity contribution in [3.05, 3.63) is 12.7 Å². The summed E-state index contributed by atoms with van der Waals surface area (Å²) in [6.07, 6.45) is -0.451. The number of nitrogens with zero attached hydrogens (tertiary/aromatic N) is 1. The van der Waals surface area contributed by atoms with E-state index >= 15 is 0 Å². The first kappa shape index (κ1) is 13.8. The van der Waals surface area contributed by atoms with Gasteiger partial charge in [0.15, 0.2) is 5.17 Å². The zero-order valence-corrected chi connectivity index (χ0v) is 11.1. The van der Waals surface area contributed by atoms with E-state index in [1.165, 1.54) is 11.8 Å². The minimum Gasteiger partial charge on any atom is -0.388 e. The summed E-state index contributed by atoms with van der Waals surface area (Å²) in [6, 6.07) is -0.306. The largest absolute Gasteiger partial charge is 0.388 e. The summed E-state index contributed by atoms with van der Waals surface area (Å²) in [5.74, 6) is 0. The third-order valence-electron chi connectivity index (χ3n) is 3.06. The molecule has 18 heavy (non-hydrogen) atoms. The number of aliphatic hydroxyl groups is 2. The van der Waals surface area contributed by atoms with Crippen molar-refractivity contribution < 1.29 is 14.9 Å². The molecule has 5 atom stereocenters. The number of ether oxygens (including phenoxy) is 1. The molecule has 6 nitrogen and oxygen atoms in total. The topological polar surface area (TPSA) is 86.1 Å². The van der Waals surface area contributed by atoms with Crippen LogP contribution >= 0.6 is 11.8 Å².